The molecule has 2 bridgehead atoms. The summed E-state index contributed by atoms with van der Waals surface area (Å²) in [7, 11) is 0. The number of aromatic nitrogens is 1. The number of anilines is 1. The molecule has 2 atom stereocenters. The number of hydrogen-bond acceptors (Lipinski definition) is 5. The van der Waals surface area contributed by atoms with Gasteiger partial charge in [0.1, 0.15) is 0 Å². The molecule has 3 saturated heterocycles. The van der Waals surface area contributed by atoms with Crippen LogP contribution in [0, 0.1) is 5.92 Å². The van der Waals surface area contributed by atoms with E-state index in [9.17, 15) is 4.79 Å². The molecule has 0 unspecified atom stereocenters. The van der Waals surface area contributed by atoms with Gasteiger partial charge in [-0.25, -0.2) is 4.98 Å². The van der Waals surface area contributed by atoms with E-state index in [0.717, 1.165) is 31.9 Å². The molecule has 0 spiro atoms. The van der Waals surface area contributed by atoms with E-state index in [1.165, 1.54) is 29.7 Å². The third kappa shape index (κ3) is 4.07. The number of nitrogen functional groups attached to an aromatic ring is 1. The van der Waals surface area contributed by atoms with Crippen LogP contribution in [0.5, 0.6) is 0 Å². The molecule has 3 aliphatic heterocycles. The summed E-state index contributed by atoms with van der Waals surface area (Å²) >= 11 is 1.44. The van der Waals surface area contributed by atoms with Crippen LogP contribution in [0.2, 0.25) is 0 Å². The van der Waals surface area contributed by atoms with Crippen LogP contribution in [-0.4, -0.2) is 46.4 Å². The number of amides is 1. The van der Waals surface area contributed by atoms with Crippen molar-refractivity contribution in [3.8, 4) is 0 Å². The molecular formula is C20H26N4OS. The SMILES string of the molecule is Nc1nc(CCC(=O)N2C[C@@H]3CC[C@H](C2)N(Cc2ccccc2)C3)cs1. The number of aryl methyl sites for hydroxylation is 1. The molecule has 2 aromatic rings. The zero-order valence-electron chi connectivity index (χ0n) is 15.0. The number of nitrogens with zero attached hydrogens (tertiary/aromatic N) is 3. The maximum absolute atomic E-state index is 12.8. The zero-order chi connectivity index (χ0) is 17.9. The van der Waals surface area contributed by atoms with Crippen molar-refractivity contribution in [3.05, 3.63) is 47.0 Å². The Balaban J connectivity index is 1.37. The van der Waals surface area contributed by atoms with E-state index in [0.29, 0.717) is 29.9 Å². The standard InChI is InChI=1S/C20H26N4OS/c21-20-22-17(14-26-20)7-9-19(25)24-12-16-6-8-18(13-24)23(11-16)10-15-4-2-1-3-5-15/h1-5,14,16,18H,6-13H2,(H2,21,22)/t16-,18-/m1/s1. The van der Waals surface area contributed by atoms with Crippen LogP contribution >= 0.6 is 11.3 Å². The fourth-order valence-corrected chi connectivity index (χ4v) is 4.82. The molecule has 0 radical (unpaired) electrons. The summed E-state index contributed by atoms with van der Waals surface area (Å²) in [4.78, 5) is 21.7. The average molecular weight is 371 g/mol. The lowest BCUT2D eigenvalue weighted by atomic mass is 9.94. The quantitative estimate of drug-likeness (QED) is 0.879. The van der Waals surface area contributed by atoms with Gasteiger partial charge >= 0.3 is 0 Å². The molecule has 5 nitrogen and oxygen atoms in total. The number of carbonyl (C=O) groups excluding carboxylic acids is 1. The van der Waals surface area contributed by atoms with Crippen LogP contribution in [0.4, 0.5) is 5.13 Å². The highest BCUT2D eigenvalue weighted by atomic mass is 32.1. The Bertz CT molecular complexity index is 747. The first-order valence-electron chi connectivity index (χ1n) is 9.43. The van der Waals surface area contributed by atoms with Crippen molar-refractivity contribution in [2.75, 3.05) is 25.4 Å². The lowest BCUT2D eigenvalue weighted by Gasteiger charge is -2.36. The fourth-order valence-electron chi connectivity index (χ4n) is 4.22. The molecule has 0 aliphatic carbocycles. The number of carbonyl (C=O) groups is 1. The summed E-state index contributed by atoms with van der Waals surface area (Å²) in [5, 5.41) is 2.54. The van der Waals surface area contributed by atoms with Gasteiger partial charge in [0.25, 0.3) is 0 Å². The van der Waals surface area contributed by atoms with Gasteiger partial charge < -0.3 is 10.6 Å². The summed E-state index contributed by atoms with van der Waals surface area (Å²) in [6.45, 7) is 3.86. The highest BCUT2D eigenvalue weighted by Crippen LogP contribution is 2.29. The number of benzene rings is 1. The third-order valence-electron chi connectivity index (χ3n) is 5.57. The molecule has 6 heteroatoms. The van der Waals surface area contributed by atoms with Crippen molar-refractivity contribution in [3.63, 3.8) is 0 Å². The Labute approximate surface area is 158 Å². The highest BCUT2D eigenvalue weighted by molar-refractivity contribution is 7.13. The fraction of sp³-hybridized carbons (Fsp3) is 0.500. The molecule has 1 aromatic carbocycles. The Hall–Kier alpha value is -1.92. The molecule has 26 heavy (non-hydrogen) atoms. The molecule has 138 valence electrons. The molecule has 5 rings (SSSR count). The number of piperidine rings is 1. The first-order valence-corrected chi connectivity index (χ1v) is 10.3. The van der Waals surface area contributed by atoms with E-state index in [2.05, 4.69) is 45.1 Å². The first-order chi connectivity index (χ1) is 12.7. The van der Waals surface area contributed by atoms with Crippen LogP contribution in [0.25, 0.3) is 0 Å². The van der Waals surface area contributed by atoms with Crippen molar-refractivity contribution in [2.45, 2.75) is 38.3 Å². The Morgan fingerprint density at radius 3 is 2.81 bits per heavy atom. The maximum Gasteiger partial charge on any atom is 0.223 e. The van der Waals surface area contributed by atoms with Crippen LogP contribution in [0.15, 0.2) is 35.7 Å². The van der Waals surface area contributed by atoms with Gasteiger partial charge in [-0.2, -0.15) is 0 Å². The smallest absolute Gasteiger partial charge is 0.223 e. The Kier molecular flexibility index (Phi) is 5.22. The predicted octanol–water partition coefficient (Wildman–Crippen LogP) is 2.78. The minimum absolute atomic E-state index is 0.259. The van der Waals surface area contributed by atoms with Gasteiger partial charge in [0.2, 0.25) is 5.91 Å². The predicted molar refractivity (Wildman–Crippen MR) is 105 cm³/mol. The van der Waals surface area contributed by atoms with E-state index in [1.54, 1.807) is 0 Å². The summed E-state index contributed by atoms with van der Waals surface area (Å²) in [6, 6.07) is 11.1. The molecule has 4 heterocycles. The monoisotopic (exact) mass is 370 g/mol. The lowest BCUT2D eigenvalue weighted by molar-refractivity contribution is -0.131. The molecule has 3 fully saturated rings. The summed E-state index contributed by atoms with van der Waals surface area (Å²) in [5.41, 5.74) is 7.97. The number of thiazole rings is 1. The Morgan fingerprint density at radius 2 is 2.04 bits per heavy atom. The minimum Gasteiger partial charge on any atom is -0.375 e. The van der Waals surface area contributed by atoms with E-state index in [-0.39, 0.29) is 5.91 Å². The van der Waals surface area contributed by atoms with Gasteiger partial charge in [-0.05, 0) is 30.7 Å². The zero-order valence-corrected chi connectivity index (χ0v) is 15.8. The number of fused-ring (bicyclic) bond motifs is 4. The topological polar surface area (TPSA) is 62.5 Å². The summed E-state index contributed by atoms with van der Waals surface area (Å²) in [5.74, 6) is 0.853. The van der Waals surface area contributed by atoms with Crippen molar-refractivity contribution in [2.24, 2.45) is 5.92 Å². The minimum atomic E-state index is 0.259. The van der Waals surface area contributed by atoms with Crippen LogP contribution < -0.4 is 5.73 Å². The van der Waals surface area contributed by atoms with Crippen molar-refractivity contribution in [1.82, 2.24) is 14.8 Å². The summed E-state index contributed by atoms with van der Waals surface area (Å²) in [6.07, 6.45) is 3.65. The second-order valence-corrected chi connectivity index (χ2v) is 8.38. The number of rotatable bonds is 5. The highest BCUT2D eigenvalue weighted by Gasteiger charge is 2.36. The number of nitrogens with two attached hydrogens (primary N) is 1. The molecule has 0 saturated carbocycles. The van der Waals surface area contributed by atoms with Gasteiger partial charge in [0.15, 0.2) is 5.13 Å². The van der Waals surface area contributed by atoms with Gasteiger partial charge in [0, 0.05) is 44.0 Å². The number of hydrogen-bond donors (Lipinski definition) is 1. The average Bonchev–Trinajstić information content (AvgIpc) is 2.87. The van der Waals surface area contributed by atoms with E-state index >= 15 is 0 Å². The largest absolute Gasteiger partial charge is 0.375 e. The second-order valence-electron chi connectivity index (χ2n) is 7.49. The van der Waals surface area contributed by atoms with Crippen LogP contribution in [0.1, 0.15) is 30.5 Å². The summed E-state index contributed by atoms with van der Waals surface area (Å²) < 4.78 is 0. The maximum atomic E-state index is 12.8. The molecule has 1 aromatic heterocycles. The van der Waals surface area contributed by atoms with E-state index in [1.807, 2.05) is 5.38 Å². The third-order valence-corrected chi connectivity index (χ3v) is 6.30. The van der Waals surface area contributed by atoms with E-state index in [4.69, 9.17) is 5.73 Å². The Morgan fingerprint density at radius 1 is 1.19 bits per heavy atom. The van der Waals surface area contributed by atoms with Crippen LogP contribution in [0.3, 0.4) is 0 Å². The van der Waals surface area contributed by atoms with Gasteiger partial charge in [0.05, 0.1) is 5.69 Å². The van der Waals surface area contributed by atoms with Crippen molar-refractivity contribution in [1.29, 1.82) is 0 Å². The molecule has 1 amide bonds. The van der Waals surface area contributed by atoms with Gasteiger partial charge in [-0.3, -0.25) is 9.69 Å². The molecular weight excluding hydrogens is 344 g/mol. The van der Waals surface area contributed by atoms with Crippen molar-refractivity contribution < 1.29 is 4.79 Å². The normalized spacial score (nSPS) is 23.2. The van der Waals surface area contributed by atoms with Gasteiger partial charge in [-0.1, -0.05) is 30.3 Å². The van der Waals surface area contributed by atoms with Gasteiger partial charge in [-0.15, -0.1) is 11.3 Å². The lowest BCUT2D eigenvalue weighted by Crippen LogP contribution is -2.43. The molecule has 3 aliphatic rings. The molecule has 2 N–H and O–H groups in total. The van der Waals surface area contributed by atoms with E-state index < -0.39 is 0 Å². The first kappa shape index (κ1) is 17.5. The van der Waals surface area contributed by atoms with Crippen LogP contribution in [-0.2, 0) is 17.8 Å². The van der Waals surface area contributed by atoms with Crippen molar-refractivity contribution >= 4 is 22.4 Å². The second kappa shape index (κ2) is 7.76.